The Morgan fingerprint density at radius 2 is 1.84 bits per heavy atom. The largest absolute Gasteiger partial charge is 0.504 e. The van der Waals surface area contributed by atoms with Crippen LogP contribution in [0.5, 0.6) is 11.5 Å². The molecule has 100 valence electrons. The molecule has 2 N–H and O–H groups in total. The zero-order valence-corrected chi connectivity index (χ0v) is 10.9. The molecule has 2 rings (SSSR count). The molecule has 0 aromatic heterocycles. The van der Waals surface area contributed by atoms with Gasteiger partial charge in [-0.2, -0.15) is 0 Å². The smallest absolute Gasteiger partial charge is 0.160 e. The van der Waals surface area contributed by atoms with E-state index >= 15 is 0 Å². The van der Waals surface area contributed by atoms with Gasteiger partial charge in [-0.15, -0.1) is 0 Å². The second kappa shape index (κ2) is 6.25. The predicted octanol–water partition coefficient (Wildman–Crippen LogP) is 2.72. The minimum atomic E-state index is 0.0361. The summed E-state index contributed by atoms with van der Waals surface area (Å²) in [5, 5.41) is 19.3. The highest BCUT2D eigenvalue weighted by atomic mass is 16.5. The normalized spacial score (nSPS) is 12.1. The van der Waals surface area contributed by atoms with Gasteiger partial charge in [0.1, 0.15) is 0 Å². The maximum Gasteiger partial charge on any atom is 0.160 e. The van der Waals surface area contributed by atoms with E-state index in [2.05, 4.69) is 0 Å². The van der Waals surface area contributed by atoms with Crippen molar-refractivity contribution in [1.82, 2.24) is 0 Å². The van der Waals surface area contributed by atoms with Crippen LogP contribution >= 0.6 is 0 Å². The monoisotopic (exact) mass is 258 g/mol. The second-order valence-corrected chi connectivity index (χ2v) is 4.50. The van der Waals surface area contributed by atoms with Crippen molar-refractivity contribution in [3.63, 3.8) is 0 Å². The van der Waals surface area contributed by atoms with Crippen LogP contribution in [0, 0.1) is 0 Å². The molecular weight excluding hydrogens is 240 g/mol. The highest BCUT2D eigenvalue weighted by molar-refractivity contribution is 5.42. The number of hydrogen-bond donors (Lipinski definition) is 2. The number of aliphatic hydroxyl groups is 1. The Bertz CT molecular complexity index is 523. The lowest BCUT2D eigenvalue weighted by atomic mass is 9.92. The SMILES string of the molecule is COc1ccc(C[C@H](CO)c2ccccc2)cc1O. The van der Waals surface area contributed by atoms with Crippen LogP contribution in [-0.4, -0.2) is 23.9 Å². The first-order valence-corrected chi connectivity index (χ1v) is 6.26. The molecule has 3 nitrogen and oxygen atoms in total. The Morgan fingerprint density at radius 3 is 2.42 bits per heavy atom. The molecule has 0 bridgehead atoms. The van der Waals surface area contributed by atoms with Crippen LogP contribution in [-0.2, 0) is 6.42 Å². The molecule has 0 amide bonds. The Morgan fingerprint density at radius 1 is 1.11 bits per heavy atom. The third-order valence-electron chi connectivity index (χ3n) is 3.22. The zero-order chi connectivity index (χ0) is 13.7. The third-order valence-corrected chi connectivity index (χ3v) is 3.22. The summed E-state index contributed by atoms with van der Waals surface area (Å²) in [6, 6.07) is 15.2. The first-order chi connectivity index (χ1) is 9.24. The molecule has 0 saturated carbocycles. The first-order valence-electron chi connectivity index (χ1n) is 6.26. The van der Waals surface area contributed by atoms with Crippen LogP contribution in [0.25, 0.3) is 0 Å². The fourth-order valence-electron chi connectivity index (χ4n) is 2.16. The van der Waals surface area contributed by atoms with E-state index in [4.69, 9.17) is 4.74 Å². The quantitative estimate of drug-likeness (QED) is 0.867. The minimum absolute atomic E-state index is 0.0361. The number of methoxy groups -OCH3 is 1. The summed E-state index contributed by atoms with van der Waals surface area (Å²) in [6.45, 7) is 0.0802. The summed E-state index contributed by atoms with van der Waals surface area (Å²) < 4.78 is 5.02. The molecular formula is C16H18O3. The molecule has 0 saturated heterocycles. The van der Waals surface area contributed by atoms with Crippen LogP contribution in [0.3, 0.4) is 0 Å². The highest BCUT2D eigenvalue weighted by Crippen LogP contribution is 2.29. The molecule has 2 aromatic carbocycles. The Balaban J connectivity index is 2.17. The summed E-state index contributed by atoms with van der Waals surface area (Å²) in [5.41, 5.74) is 2.07. The number of phenols is 1. The Labute approximate surface area is 113 Å². The van der Waals surface area contributed by atoms with Gasteiger partial charge in [0.25, 0.3) is 0 Å². The van der Waals surface area contributed by atoms with Gasteiger partial charge in [-0.25, -0.2) is 0 Å². The Hall–Kier alpha value is -2.00. The van der Waals surface area contributed by atoms with Crippen molar-refractivity contribution >= 4 is 0 Å². The standard InChI is InChI=1S/C16H18O3/c1-19-16-8-7-12(10-15(16)18)9-14(11-17)13-5-3-2-4-6-13/h2-8,10,14,17-18H,9,11H2,1H3/t14-/m1/s1. The predicted molar refractivity (Wildman–Crippen MR) is 74.6 cm³/mol. The van der Waals surface area contributed by atoms with Crippen molar-refractivity contribution < 1.29 is 14.9 Å². The van der Waals surface area contributed by atoms with E-state index in [1.54, 1.807) is 12.1 Å². The van der Waals surface area contributed by atoms with Crippen molar-refractivity contribution in [3.05, 3.63) is 59.7 Å². The van der Waals surface area contributed by atoms with Gasteiger partial charge in [-0.3, -0.25) is 0 Å². The van der Waals surface area contributed by atoms with Gasteiger partial charge in [0.05, 0.1) is 13.7 Å². The maximum atomic E-state index is 9.76. The maximum absolute atomic E-state index is 9.76. The van der Waals surface area contributed by atoms with E-state index in [9.17, 15) is 10.2 Å². The molecule has 1 atom stereocenters. The van der Waals surface area contributed by atoms with Crippen LogP contribution in [0.4, 0.5) is 0 Å². The van der Waals surface area contributed by atoms with Gasteiger partial charge in [0, 0.05) is 5.92 Å². The molecule has 19 heavy (non-hydrogen) atoms. The molecule has 0 fully saturated rings. The molecule has 0 aliphatic carbocycles. The van der Waals surface area contributed by atoms with E-state index in [0.717, 1.165) is 11.1 Å². The van der Waals surface area contributed by atoms with Gasteiger partial charge in [-0.1, -0.05) is 36.4 Å². The molecule has 0 spiro atoms. The lowest BCUT2D eigenvalue weighted by molar-refractivity contribution is 0.264. The number of rotatable bonds is 5. The molecule has 0 heterocycles. The van der Waals surface area contributed by atoms with Gasteiger partial charge in [0.15, 0.2) is 11.5 Å². The van der Waals surface area contributed by atoms with Crippen LogP contribution in [0.1, 0.15) is 17.0 Å². The number of hydrogen-bond acceptors (Lipinski definition) is 3. The van der Waals surface area contributed by atoms with Crippen LogP contribution in [0.2, 0.25) is 0 Å². The fourth-order valence-corrected chi connectivity index (χ4v) is 2.16. The molecule has 0 unspecified atom stereocenters. The van der Waals surface area contributed by atoms with Crippen molar-refractivity contribution in [2.45, 2.75) is 12.3 Å². The van der Waals surface area contributed by atoms with Gasteiger partial charge in [-0.05, 0) is 29.7 Å². The fraction of sp³-hybridized carbons (Fsp3) is 0.250. The van der Waals surface area contributed by atoms with E-state index in [1.165, 1.54) is 7.11 Å². The molecule has 3 heteroatoms. The average molecular weight is 258 g/mol. The van der Waals surface area contributed by atoms with Crippen molar-refractivity contribution in [2.24, 2.45) is 0 Å². The lowest BCUT2D eigenvalue weighted by Gasteiger charge is -2.15. The number of aromatic hydroxyl groups is 1. The molecule has 0 radical (unpaired) electrons. The summed E-state index contributed by atoms with van der Waals surface area (Å²) >= 11 is 0. The van der Waals surface area contributed by atoms with Crippen molar-refractivity contribution in [1.29, 1.82) is 0 Å². The topological polar surface area (TPSA) is 49.7 Å². The van der Waals surface area contributed by atoms with Gasteiger partial charge < -0.3 is 14.9 Å². The van der Waals surface area contributed by atoms with E-state index in [-0.39, 0.29) is 18.3 Å². The molecule has 0 aliphatic heterocycles. The van der Waals surface area contributed by atoms with E-state index in [0.29, 0.717) is 12.2 Å². The first kappa shape index (κ1) is 13.4. The van der Waals surface area contributed by atoms with Crippen LogP contribution < -0.4 is 4.74 Å². The summed E-state index contributed by atoms with van der Waals surface area (Å²) in [7, 11) is 1.52. The lowest BCUT2D eigenvalue weighted by Crippen LogP contribution is -2.07. The minimum Gasteiger partial charge on any atom is -0.504 e. The summed E-state index contributed by atoms with van der Waals surface area (Å²) in [4.78, 5) is 0. The highest BCUT2D eigenvalue weighted by Gasteiger charge is 2.12. The van der Waals surface area contributed by atoms with Crippen molar-refractivity contribution in [2.75, 3.05) is 13.7 Å². The summed E-state index contributed by atoms with van der Waals surface area (Å²) in [6.07, 6.45) is 0.679. The second-order valence-electron chi connectivity index (χ2n) is 4.50. The summed E-state index contributed by atoms with van der Waals surface area (Å²) in [5.74, 6) is 0.628. The van der Waals surface area contributed by atoms with E-state index in [1.807, 2.05) is 36.4 Å². The number of aliphatic hydroxyl groups excluding tert-OH is 1. The molecule has 2 aromatic rings. The molecule has 0 aliphatic rings. The average Bonchev–Trinajstić information content (AvgIpc) is 2.46. The van der Waals surface area contributed by atoms with E-state index < -0.39 is 0 Å². The number of ether oxygens (including phenoxy) is 1. The van der Waals surface area contributed by atoms with Crippen molar-refractivity contribution in [3.8, 4) is 11.5 Å². The number of benzene rings is 2. The third kappa shape index (κ3) is 3.26. The Kier molecular flexibility index (Phi) is 4.42. The number of phenolic OH excluding ortho intramolecular Hbond substituents is 1. The zero-order valence-electron chi connectivity index (χ0n) is 10.9. The van der Waals surface area contributed by atoms with Gasteiger partial charge in [0.2, 0.25) is 0 Å². The van der Waals surface area contributed by atoms with Crippen LogP contribution in [0.15, 0.2) is 48.5 Å². The van der Waals surface area contributed by atoms with Gasteiger partial charge >= 0.3 is 0 Å².